The molecule has 1 aromatic rings. The summed E-state index contributed by atoms with van der Waals surface area (Å²) >= 11 is 0. The highest BCUT2D eigenvalue weighted by molar-refractivity contribution is 7.87. The Morgan fingerprint density at radius 3 is 2.83 bits per heavy atom. The average Bonchev–Trinajstić information content (AvgIpc) is 2.82. The molecule has 0 unspecified atom stereocenters. The van der Waals surface area contributed by atoms with Crippen molar-refractivity contribution < 1.29 is 13.5 Å². The first kappa shape index (κ1) is 19.1. The third kappa shape index (κ3) is 4.64. The van der Waals surface area contributed by atoms with Gasteiger partial charge in [-0.1, -0.05) is 6.08 Å². The van der Waals surface area contributed by atoms with Crippen LogP contribution in [0, 0.1) is 6.92 Å². The van der Waals surface area contributed by atoms with E-state index in [0.29, 0.717) is 32.6 Å². The highest BCUT2D eigenvalue weighted by atomic mass is 32.2. The maximum atomic E-state index is 11.9. The van der Waals surface area contributed by atoms with Crippen LogP contribution >= 0.6 is 0 Å². The number of likely N-dealkylation sites (tertiary alicyclic amines) is 1. The van der Waals surface area contributed by atoms with Gasteiger partial charge < -0.3 is 5.11 Å². The fourth-order valence-electron chi connectivity index (χ4n) is 2.76. The van der Waals surface area contributed by atoms with Crippen molar-refractivity contribution in [2.75, 3.05) is 27.2 Å². The number of β-amino-alcohol motifs (C(OH)–C–C–N with tert-alkyl or cyclic N) is 1. The lowest BCUT2D eigenvalue weighted by Crippen LogP contribution is -2.55. The van der Waals surface area contributed by atoms with Crippen LogP contribution in [0.4, 0.5) is 0 Å². The molecule has 2 atom stereocenters. The molecule has 1 aromatic heterocycles. The second kappa shape index (κ2) is 7.75. The molecule has 136 valence electrons. The zero-order chi connectivity index (χ0) is 17.9. The van der Waals surface area contributed by atoms with Crippen molar-refractivity contribution >= 4 is 10.2 Å². The van der Waals surface area contributed by atoms with Crippen LogP contribution in [0.25, 0.3) is 0 Å². The molecule has 2 rings (SSSR count). The van der Waals surface area contributed by atoms with Crippen LogP contribution in [0.5, 0.6) is 0 Å². The van der Waals surface area contributed by atoms with Gasteiger partial charge in [0.05, 0.1) is 24.4 Å². The summed E-state index contributed by atoms with van der Waals surface area (Å²) in [5, 5.41) is 14.7. The molecule has 2 N–H and O–H groups in total. The maximum absolute atomic E-state index is 11.9. The number of nitrogens with zero attached hydrogens (tertiary/aromatic N) is 4. The summed E-state index contributed by atoms with van der Waals surface area (Å²) in [5.74, 6) is 0. The van der Waals surface area contributed by atoms with E-state index in [2.05, 4.69) is 21.3 Å². The molecule has 1 aliphatic heterocycles. The highest BCUT2D eigenvalue weighted by Crippen LogP contribution is 2.17. The highest BCUT2D eigenvalue weighted by Gasteiger charge is 2.31. The predicted molar refractivity (Wildman–Crippen MR) is 92.6 cm³/mol. The number of nitrogens with one attached hydrogen (secondary N) is 1. The van der Waals surface area contributed by atoms with Gasteiger partial charge in [0.2, 0.25) is 0 Å². The lowest BCUT2D eigenvalue weighted by atomic mass is 10.0. The second-order valence-corrected chi connectivity index (χ2v) is 8.27. The van der Waals surface area contributed by atoms with Gasteiger partial charge in [0, 0.05) is 45.5 Å². The molecule has 24 heavy (non-hydrogen) atoms. The van der Waals surface area contributed by atoms with E-state index >= 15 is 0 Å². The predicted octanol–water partition coefficient (Wildman–Crippen LogP) is -0.291. The monoisotopic (exact) mass is 357 g/mol. The molecule has 0 radical (unpaired) electrons. The smallest absolute Gasteiger partial charge is 0.279 e. The zero-order valence-corrected chi connectivity index (χ0v) is 15.3. The van der Waals surface area contributed by atoms with E-state index in [9.17, 15) is 13.5 Å². The van der Waals surface area contributed by atoms with E-state index in [4.69, 9.17) is 0 Å². The van der Waals surface area contributed by atoms with Gasteiger partial charge in [0.25, 0.3) is 10.2 Å². The van der Waals surface area contributed by atoms with Gasteiger partial charge in [-0.3, -0.25) is 9.58 Å². The molecule has 8 nitrogen and oxygen atoms in total. The molecule has 0 amide bonds. The summed E-state index contributed by atoms with van der Waals surface area (Å²) in [4.78, 5) is 2.12. The van der Waals surface area contributed by atoms with Gasteiger partial charge in [-0.2, -0.15) is 22.5 Å². The van der Waals surface area contributed by atoms with Crippen LogP contribution in [0.15, 0.2) is 18.9 Å². The van der Waals surface area contributed by atoms with Crippen molar-refractivity contribution in [3.05, 3.63) is 30.1 Å². The summed E-state index contributed by atoms with van der Waals surface area (Å²) < 4.78 is 29.3. The number of aliphatic hydroxyl groups is 1. The fraction of sp³-hybridized carbons (Fsp3) is 0.667. The molecule has 0 bridgehead atoms. The number of allylic oxidation sites excluding steroid dienone is 1. The fourth-order valence-corrected chi connectivity index (χ4v) is 3.62. The van der Waals surface area contributed by atoms with Crippen LogP contribution in [0.2, 0.25) is 0 Å². The second-order valence-electron chi connectivity index (χ2n) is 6.35. The molecule has 9 heteroatoms. The molecule has 0 saturated carbocycles. The van der Waals surface area contributed by atoms with Crippen molar-refractivity contribution in [3.63, 3.8) is 0 Å². The molecule has 0 aromatic carbocycles. The molecular formula is C15H27N5O3S. The van der Waals surface area contributed by atoms with E-state index < -0.39 is 22.4 Å². The van der Waals surface area contributed by atoms with Crippen molar-refractivity contribution in [1.82, 2.24) is 23.7 Å². The van der Waals surface area contributed by atoms with E-state index in [0.717, 1.165) is 15.6 Å². The molecule has 1 aliphatic rings. The van der Waals surface area contributed by atoms with Gasteiger partial charge in [0.1, 0.15) is 0 Å². The van der Waals surface area contributed by atoms with Gasteiger partial charge in [-0.25, -0.2) is 0 Å². The molecule has 1 fully saturated rings. The average molecular weight is 357 g/mol. The van der Waals surface area contributed by atoms with Gasteiger partial charge in [0.15, 0.2) is 0 Å². The number of hydrogen-bond acceptors (Lipinski definition) is 5. The molecule has 1 saturated heterocycles. The van der Waals surface area contributed by atoms with Crippen molar-refractivity contribution in [3.8, 4) is 0 Å². The summed E-state index contributed by atoms with van der Waals surface area (Å²) in [5.41, 5.74) is 2.07. The third-order valence-electron chi connectivity index (χ3n) is 4.21. The Kier molecular flexibility index (Phi) is 6.16. The van der Waals surface area contributed by atoms with E-state index in [-0.39, 0.29) is 0 Å². The van der Waals surface area contributed by atoms with Crippen molar-refractivity contribution in [1.29, 1.82) is 0 Å². The zero-order valence-electron chi connectivity index (χ0n) is 14.5. The summed E-state index contributed by atoms with van der Waals surface area (Å²) in [6.07, 6.45) is 3.61. The topological polar surface area (TPSA) is 90.7 Å². The van der Waals surface area contributed by atoms with Crippen LogP contribution in [-0.2, 0) is 23.3 Å². The number of aromatic nitrogens is 2. The largest absolute Gasteiger partial charge is 0.390 e. The number of aryl methyl sites for hydroxylation is 1. The number of piperidine rings is 1. The quantitative estimate of drug-likeness (QED) is 0.655. The summed E-state index contributed by atoms with van der Waals surface area (Å²) in [6, 6.07) is -0.460. The third-order valence-corrected chi connectivity index (χ3v) is 5.77. The van der Waals surface area contributed by atoms with Crippen LogP contribution in [-0.4, -0.2) is 71.8 Å². The molecule has 2 heterocycles. The summed E-state index contributed by atoms with van der Waals surface area (Å²) in [6.45, 7) is 8.16. The number of aliphatic hydroxyl groups excluding tert-OH is 1. The maximum Gasteiger partial charge on any atom is 0.279 e. The Morgan fingerprint density at radius 2 is 2.25 bits per heavy atom. The standard InChI is InChI=1S/C15H27N5O3S/c1-5-7-20-10-13(12(2)16-20)9-19-8-6-14(15(21)11-19)17-24(22,23)18(3)4/h5,10,14-15,17,21H,1,6-9,11H2,2-4H3/t14-,15-/m1/s1. The Bertz CT molecular complexity index is 671. The lowest BCUT2D eigenvalue weighted by molar-refractivity contribution is 0.0441. The number of hydrogen-bond donors (Lipinski definition) is 2. The van der Waals surface area contributed by atoms with Crippen molar-refractivity contribution in [2.24, 2.45) is 0 Å². The molecule has 0 spiro atoms. The Balaban J connectivity index is 1.95. The van der Waals surface area contributed by atoms with Gasteiger partial charge >= 0.3 is 0 Å². The van der Waals surface area contributed by atoms with Crippen LogP contribution < -0.4 is 4.72 Å². The molecular weight excluding hydrogens is 330 g/mol. The first-order valence-electron chi connectivity index (χ1n) is 7.97. The van der Waals surface area contributed by atoms with Crippen LogP contribution in [0.3, 0.4) is 0 Å². The lowest BCUT2D eigenvalue weighted by Gasteiger charge is -2.36. The minimum absolute atomic E-state index is 0.423. The minimum atomic E-state index is -3.53. The normalized spacial score (nSPS) is 22.9. The SMILES string of the molecule is C=CCn1cc(CN2CC[C@@H](NS(=O)(=O)N(C)C)[C@H](O)C2)c(C)n1. The van der Waals surface area contributed by atoms with E-state index in [1.165, 1.54) is 14.1 Å². The van der Waals surface area contributed by atoms with Crippen LogP contribution in [0.1, 0.15) is 17.7 Å². The summed E-state index contributed by atoms with van der Waals surface area (Å²) in [7, 11) is -0.603. The molecule has 0 aliphatic carbocycles. The Morgan fingerprint density at radius 1 is 1.54 bits per heavy atom. The van der Waals surface area contributed by atoms with E-state index in [1.807, 2.05) is 17.8 Å². The number of rotatable bonds is 7. The Labute approximate surface area is 143 Å². The first-order chi connectivity index (χ1) is 11.2. The van der Waals surface area contributed by atoms with Gasteiger partial charge in [-0.15, -0.1) is 6.58 Å². The van der Waals surface area contributed by atoms with Gasteiger partial charge in [-0.05, 0) is 13.3 Å². The van der Waals surface area contributed by atoms with Crippen molar-refractivity contribution in [2.45, 2.75) is 38.6 Å². The minimum Gasteiger partial charge on any atom is -0.390 e. The van der Waals surface area contributed by atoms with E-state index in [1.54, 1.807) is 6.08 Å². The first-order valence-corrected chi connectivity index (χ1v) is 9.41. The Hall–Kier alpha value is -1.26.